The van der Waals surface area contributed by atoms with Crippen molar-refractivity contribution in [1.82, 2.24) is 15.3 Å². The minimum atomic E-state index is -0.0951. The van der Waals surface area contributed by atoms with Crippen LogP contribution in [0.25, 0.3) is 11.0 Å². The predicted molar refractivity (Wildman–Crippen MR) is 137 cm³/mol. The van der Waals surface area contributed by atoms with Gasteiger partial charge < -0.3 is 19.9 Å². The lowest BCUT2D eigenvalue weighted by Crippen LogP contribution is -2.36. The Balaban J connectivity index is 1.23. The zero-order valence-corrected chi connectivity index (χ0v) is 20.0. The van der Waals surface area contributed by atoms with Gasteiger partial charge in [-0.05, 0) is 48.4 Å². The van der Waals surface area contributed by atoms with Crippen LogP contribution in [0, 0.1) is 0 Å². The fraction of sp³-hybridized carbons (Fsp3) is 0.259. The van der Waals surface area contributed by atoms with Gasteiger partial charge in [-0.25, -0.2) is 4.98 Å². The van der Waals surface area contributed by atoms with Crippen molar-refractivity contribution in [2.24, 2.45) is 0 Å². The summed E-state index contributed by atoms with van der Waals surface area (Å²) < 4.78 is 5.44. The number of carbonyl (C=O) groups is 1. The second-order valence-corrected chi connectivity index (χ2v) is 9.36. The number of fused-ring (bicyclic) bond motifs is 1. The van der Waals surface area contributed by atoms with Gasteiger partial charge in [-0.1, -0.05) is 54.2 Å². The lowest BCUT2D eigenvalue weighted by Gasteiger charge is -2.29. The van der Waals surface area contributed by atoms with Crippen LogP contribution in [0.1, 0.15) is 34.5 Å². The Bertz CT molecular complexity index is 1230. The van der Waals surface area contributed by atoms with Gasteiger partial charge in [-0.2, -0.15) is 0 Å². The molecule has 0 aliphatic carbocycles. The number of benzene rings is 3. The summed E-state index contributed by atoms with van der Waals surface area (Å²) in [5, 5.41) is 4.02. The van der Waals surface area contributed by atoms with Gasteiger partial charge >= 0.3 is 0 Å². The number of hydrogen-bond donors (Lipinski definition) is 2. The Hall–Kier alpha value is -3.29. The second-order valence-electron chi connectivity index (χ2n) is 8.39. The van der Waals surface area contributed by atoms with Crippen LogP contribution >= 0.6 is 11.8 Å². The lowest BCUT2D eigenvalue weighted by atomic mass is 10.0. The van der Waals surface area contributed by atoms with E-state index in [0.29, 0.717) is 11.3 Å². The standard InChI is InChI=1S/C27H28N4O2S/c1-19(20-10-12-22(13-11-20)31-14-16-33-17-15-31)28-26(32)23-7-3-2-6-21(23)18-34-27-29-24-8-4-5-9-25(24)30-27/h2-13,19H,14-18H2,1H3,(H,28,32)(H,29,30). The van der Waals surface area contributed by atoms with E-state index in [1.54, 1.807) is 11.8 Å². The number of morpholine rings is 1. The van der Waals surface area contributed by atoms with Crippen molar-refractivity contribution in [1.29, 1.82) is 0 Å². The third kappa shape index (κ3) is 5.11. The SMILES string of the molecule is CC(NC(=O)c1ccccc1CSc1nc2ccccc2[nH]1)c1ccc(N2CCOCC2)cc1. The van der Waals surface area contributed by atoms with E-state index in [0.717, 1.165) is 53.6 Å². The number of amides is 1. The molecule has 0 radical (unpaired) electrons. The van der Waals surface area contributed by atoms with Crippen LogP contribution in [0.2, 0.25) is 0 Å². The normalized spacial score (nSPS) is 14.8. The van der Waals surface area contributed by atoms with Crippen molar-refractivity contribution < 1.29 is 9.53 Å². The maximum atomic E-state index is 13.1. The van der Waals surface area contributed by atoms with E-state index in [2.05, 4.69) is 44.5 Å². The first-order valence-electron chi connectivity index (χ1n) is 11.6. The quantitative estimate of drug-likeness (QED) is 0.363. The summed E-state index contributed by atoms with van der Waals surface area (Å²) in [7, 11) is 0. The zero-order chi connectivity index (χ0) is 23.3. The molecule has 1 aromatic heterocycles. The molecule has 1 unspecified atom stereocenters. The minimum Gasteiger partial charge on any atom is -0.378 e. The van der Waals surface area contributed by atoms with Crippen LogP contribution in [-0.4, -0.2) is 42.2 Å². The number of nitrogens with zero attached hydrogens (tertiary/aromatic N) is 2. The number of imidazole rings is 1. The molecule has 1 aliphatic rings. The first kappa shape index (κ1) is 22.5. The molecule has 2 heterocycles. The molecule has 1 fully saturated rings. The Morgan fingerprint density at radius 3 is 2.59 bits per heavy atom. The maximum absolute atomic E-state index is 13.1. The number of anilines is 1. The van der Waals surface area contributed by atoms with Crippen molar-refractivity contribution in [2.75, 3.05) is 31.2 Å². The maximum Gasteiger partial charge on any atom is 0.252 e. The van der Waals surface area contributed by atoms with Crippen molar-refractivity contribution in [3.05, 3.63) is 89.5 Å². The van der Waals surface area contributed by atoms with E-state index in [-0.39, 0.29) is 11.9 Å². The molecule has 174 valence electrons. The highest BCUT2D eigenvalue weighted by Crippen LogP contribution is 2.25. The first-order chi connectivity index (χ1) is 16.7. The van der Waals surface area contributed by atoms with Gasteiger partial charge in [0.1, 0.15) is 0 Å². The molecule has 1 atom stereocenters. The fourth-order valence-electron chi connectivity index (χ4n) is 4.16. The molecule has 0 bridgehead atoms. The molecule has 4 aromatic rings. The van der Waals surface area contributed by atoms with Crippen LogP contribution in [0.3, 0.4) is 0 Å². The van der Waals surface area contributed by atoms with E-state index in [9.17, 15) is 4.79 Å². The van der Waals surface area contributed by atoms with Crippen LogP contribution in [0.4, 0.5) is 5.69 Å². The van der Waals surface area contributed by atoms with Crippen molar-refractivity contribution in [3.8, 4) is 0 Å². The van der Waals surface area contributed by atoms with E-state index >= 15 is 0 Å². The van der Waals surface area contributed by atoms with Crippen molar-refractivity contribution in [2.45, 2.75) is 23.9 Å². The average molecular weight is 473 g/mol. The molecule has 3 aromatic carbocycles. The number of carbonyl (C=O) groups excluding carboxylic acids is 1. The molecule has 0 spiro atoms. The number of hydrogen-bond acceptors (Lipinski definition) is 5. The van der Waals surface area contributed by atoms with Crippen molar-refractivity contribution >= 4 is 34.4 Å². The van der Waals surface area contributed by atoms with E-state index in [4.69, 9.17) is 4.74 Å². The van der Waals surface area contributed by atoms with Gasteiger partial charge in [0.2, 0.25) is 0 Å². The molecule has 1 aliphatic heterocycles. The van der Waals surface area contributed by atoms with Gasteiger partial charge in [-0.3, -0.25) is 4.79 Å². The second kappa shape index (κ2) is 10.3. The van der Waals surface area contributed by atoms with Crippen LogP contribution in [0.15, 0.2) is 78.0 Å². The van der Waals surface area contributed by atoms with Gasteiger partial charge in [0.05, 0.1) is 30.3 Å². The third-order valence-electron chi connectivity index (χ3n) is 6.11. The molecular weight excluding hydrogens is 444 g/mol. The number of nitrogens with one attached hydrogen (secondary N) is 2. The van der Waals surface area contributed by atoms with Gasteiger partial charge in [-0.15, -0.1) is 0 Å². The molecule has 1 saturated heterocycles. The number of aromatic amines is 1. The van der Waals surface area contributed by atoms with Crippen molar-refractivity contribution in [3.63, 3.8) is 0 Å². The predicted octanol–water partition coefficient (Wildman–Crippen LogP) is 5.18. The third-order valence-corrected chi connectivity index (χ3v) is 7.03. The molecule has 6 nitrogen and oxygen atoms in total. The van der Waals surface area contributed by atoms with E-state index < -0.39 is 0 Å². The Morgan fingerprint density at radius 2 is 1.79 bits per heavy atom. The van der Waals surface area contributed by atoms with Crippen LogP contribution in [-0.2, 0) is 10.5 Å². The highest BCUT2D eigenvalue weighted by atomic mass is 32.2. The summed E-state index contributed by atoms with van der Waals surface area (Å²) in [5.41, 5.74) is 5.93. The van der Waals surface area contributed by atoms with Gasteiger partial charge in [0.25, 0.3) is 5.91 Å². The molecule has 0 saturated carbocycles. The Labute approximate surface area is 203 Å². The summed E-state index contributed by atoms with van der Waals surface area (Å²) >= 11 is 1.60. The Kier molecular flexibility index (Phi) is 6.83. The number of ether oxygens (including phenoxy) is 1. The Morgan fingerprint density at radius 1 is 1.06 bits per heavy atom. The average Bonchev–Trinajstić information content (AvgIpc) is 3.31. The number of aromatic nitrogens is 2. The molecule has 7 heteroatoms. The molecule has 1 amide bonds. The summed E-state index contributed by atoms with van der Waals surface area (Å²) in [4.78, 5) is 23.4. The molecule has 34 heavy (non-hydrogen) atoms. The summed E-state index contributed by atoms with van der Waals surface area (Å²) in [5.74, 6) is 0.594. The summed E-state index contributed by atoms with van der Waals surface area (Å²) in [6.07, 6.45) is 0. The molecule has 2 N–H and O–H groups in total. The fourth-order valence-corrected chi connectivity index (χ4v) is 5.05. The molecule has 5 rings (SSSR count). The topological polar surface area (TPSA) is 70.2 Å². The number of para-hydroxylation sites is 2. The van der Waals surface area contributed by atoms with Crippen LogP contribution in [0.5, 0.6) is 0 Å². The summed E-state index contributed by atoms with van der Waals surface area (Å²) in [6, 6.07) is 24.1. The zero-order valence-electron chi connectivity index (χ0n) is 19.2. The highest BCUT2D eigenvalue weighted by molar-refractivity contribution is 7.98. The highest BCUT2D eigenvalue weighted by Gasteiger charge is 2.16. The van der Waals surface area contributed by atoms with Gasteiger partial charge in [0.15, 0.2) is 5.16 Å². The molecular formula is C27H28N4O2S. The van der Waals surface area contributed by atoms with E-state index in [1.807, 2.05) is 55.5 Å². The smallest absolute Gasteiger partial charge is 0.252 e. The minimum absolute atomic E-state index is 0.0643. The largest absolute Gasteiger partial charge is 0.378 e. The summed E-state index contributed by atoms with van der Waals surface area (Å²) in [6.45, 7) is 5.38. The number of H-pyrrole nitrogens is 1. The number of rotatable bonds is 7. The first-order valence-corrected chi connectivity index (χ1v) is 12.5. The van der Waals surface area contributed by atoms with Crippen LogP contribution < -0.4 is 10.2 Å². The van der Waals surface area contributed by atoms with Gasteiger partial charge in [0, 0.05) is 30.1 Å². The monoisotopic (exact) mass is 472 g/mol. The number of thioether (sulfide) groups is 1. The lowest BCUT2D eigenvalue weighted by molar-refractivity contribution is 0.0939. The van der Waals surface area contributed by atoms with E-state index in [1.165, 1.54) is 5.69 Å².